The molecule has 0 saturated carbocycles. The first kappa shape index (κ1) is 23.8. The molecule has 180 valence electrons. The molecule has 0 aliphatic carbocycles. The number of hydrogen-bond donors (Lipinski definition) is 2. The predicted molar refractivity (Wildman–Crippen MR) is 133 cm³/mol. The molecular weight excluding hydrogens is 428 g/mol. The molecule has 2 heterocycles. The Labute approximate surface area is 201 Å². The number of methoxy groups -OCH3 is 1. The molecule has 0 spiro atoms. The largest absolute Gasteiger partial charge is 0.496 e. The van der Waals surface area contributed by atoms with Crippen molar-refractivity contribution < 1.29 is 14.1 Å². The van der Waals surface area contributed by atoms with Crippen LogP contribution in [0.5, 0.6) is 5.75 Å². The van der Waals surface area contributed by atoms with Gasteiger partial charge in [-0.1, -0.05) is 41.6 Å². The van der Waals surface area contributed by atoms with Gasteiger partial charge in [-0.25, -0.2) is 0 Å². The lowest BCUT2D eigenvalue weighted by Gasteiger charge is -2.31. The first-order valence-corrected chi connectivity index (χ1v) is 11.9. The maximum absolute atomic E-state index is 12.7. The Hall–Kier alpha value is -3.32. The molecule has 7 heteroatoms. The predicted octanol–water partition coefficient (Wildman–Crippen LogP) is 3.79. The number of para-hydroxylation sites is 2. The number of benzene rings is 2. The van der Waals surface area contributed by atoms with E-state index in [4.69, 9.17) is 9.26 Å². The van der Waals surface area contributed by atoms with Crippen LogP contribution in [0.25, 0.3) is 0 Å². The van der Waals surface area contributed by atoms with Gasteiger partial charge in [-0.2, -0.15) is 0 Å². The molecule has 0 radical (unpaired) electrons. The number of nitrogens with zero attached hydrogens (tertiary/aromatic N) is 2. The Morgan fingerprint density at radius 2 is 1.97 bits per heavy atom. The topological polar surface area (TPSA) is 79.6 Å². The quantitative estimate of drug-likeness (QED) is 0.477. The van der Waals surface area contributed by atoms with Gasteiger partial charge in [0.1, 0.15) is 5.75 Å². The van der Waals surface area contributed by atoms with Crippen LogP contribution >= 0.6 is 0 Å². The summed E-state index contributed by atoms with van der Waals surface area (Å²) in [6, 6.07) is 20.0. The normalized spacial score (nSPS) is 17.8. The number of piperidine rings is 1. The van der Waals surface area contributed by atoms with E-state index in [1.807, 2.05) is 55.6 Å². The van der Waals surface area contributed by atoms with E-state index in [1.54, 1.807) is 7.11 Å². The molecule has 1 fully saturated rings. The lowest BCUT2D eigenvalue weighted by Crippen LogP contribution is -2.40. The van der Waals surface area contributed by atoms with Crippen molar-refractivity contribution in [2.24, 2.45) is 11.8 Å². The Bertz CT molecular complexity index is 1050. The Morgan fingerprint density at radius 1 is 1.18 bits per heavy atom. The van der Waals surface area contributed by atoms with Crippen molar-refractivity contribution in [3.05, 3.63) is 77.7 Å². The zero-order valence-electron chi connectivity index (χ0n) is 20.0. The minimum atomic E-state index is 0.0770. The van der Waals surface area contributed by atoms with Crippen LogP contribution in [-0.4, -0.2) is 38.3 Å². The van der Waals surface area contributed by atoms with Crippen molar-refractivity contribution in [3.63, 3.8) is 0 Å². The fourth-order valence-electron chi connectivity index (χ4n) is 4.64. The second-order valence-electron chi connectivity index (χ2n) is 8.99. The molecule has 1 aliphatic heterocycles. The summed E-state index contributed by atoms with van der Waals surface area (Å²) in [6.07, 6.45) is 2.30. The zero-order valence-corrected chi connectivity index (χ0v) is 20.0. The van der Waals surface area contributed by atoms with Crippen molar-refractivity contribution in [2.45, 2.75) is 32.4 Å². The molecule has 1 amide bonds. The molecule has 0 bridgehead atoms. The number of carbonyl (C=O) groups is 1. The van der Waals surface area contributed by atoms with Crippen molar-refractivity contribution in [1.82, 2.24) is 15.8 Å². The molecule has 1 saturated heterocycles. The summed E-state index contributed by atoms with van der Waals surface area (Å²) in [6.45, 7) is 2.96. The van der Waals surface area contributed by atoms with Gasteiger partial charge in [-0.05, 0) is 56.0 Å². The maximum Gasteiger partial charge on any atom is 0.220 e. The van der Waals surface area contributed by atoms with Crippen molar-refractivity contribution in [3.8, 4) is 5.75 Å². The van der Waals surface area contributed by atoms with Gasteiger partial charge in [0.25, 0.3) is 0 Å². The standard InChI is InChI=1S/C27H34N4O3/c1-31(24-9-4-3-5-10-24)19-25-16-23(30-34-25)14-22-17-28-13-12-20(22)15-27(32)29-18-21-8-6-7-11-26(21)33-2/h3-11,16,20,22,28H,12-15,17-19H2,1-2H3,(H,29,32)/t20-,22+/m0/s1. The fraction of sp³-hybridized carbons (Fsp3) is 0.407. The summed E-state index contributed by atoms with van der Waals surface area (Å²) in [5, 5.41) is 10.9. The highest BCUT2D eigenvalue weighted by Gasteiger charge is 2.28. The van der Waals surface area contributed by atoms with Gasteiger partial charge in [0, 0.05) is 37.3 Å². The number of hydrogen-bond acceptors (Lipinski definition) is 6. The second kappa shape index (κ2) is 11.7. The summed E-state index contributed by atoms with van der Waals surface area (Å²) >= 11 is 0. The fourth-order valence-corrected chi connectivity index (χ4v) is 4.64. The first-order chi connectivity index (χ1) is 16.6. The average Bonchev–Trinajstić information content (AvgIpc) is 3.31. The SMILES string of the molecule is COc1ccccc1CNC(=O)C[C@@H]1CCNC[C@H]1Cc1cc(CN(C)c2ccccc2)on1. The van der Waals surface area contributed by atoms with E-state index < -0.39 is 0 Å². The van der Waals surface area contributed by atoms with Gasteiger partial charge in [-0.15, -0.1) is 0 Å². The van der Waals surface area contributed by atoms with Gasteiger partial charge in [0.2, 0.25) is 5.91 Å². The minimum Gasteiger partial charge on any atom is -0.496 e. The molecule has 4 rings (SSSR count). The van der Waals surface area contributed by atoms with Gasteiger partial charge >= 0.3 is 0 Å². The van der Waals surface area contributed by atoms with Crippen molar-refractivity contribution >= 4 is 11.6 Å². The number of nitrogens with one attached hydrogen (secondary N) is 2. The zero-order chi connectivity index (χ0) is 23.8. The Balaban J connectivity index is 1.30. The number of anilines is 1. The smallest absolute Gasteiger partial charge is 0.220 e. The highest BCUT2D eigenvalue weighted by atomic mass is 16.5. The maximum atomic E-state index is 12.7. The van der Waals surface area contributed by atoms with E-state index in [2.05, 4.69) is 32.8 Å². The van der Waals surface area contributed by atoms with Gasteiger partial charge < -0.3 is 24.8 Å². The van der Waals surface area contributed by atoms with Crippen LogP contribution in [0, 0.1) is 11.8 Å². The summed E-state index contributed by atoms with van der Waals surface area (Å²) < 4.78 is 11.0. The van der Waals surface area contributed by atoms with E-state index in [0.29, 0.717) is 31.3 Å². The van der Waals surface area contributed by atoms with Crippen LogP contribution in [0.3, 0.4) is 0 Å². The van der Waals surface area contributed by atoms with E-state index in [1.165, 1.54) is 0 Å². The summed E-state index contributed by atoms with van der Waals surface area (Å²) in [5.41, 5.74) is 3.07. The van der Waals surface area contributed by atoms with Crippen LogP contribution in [0.2, 0.25) is 0 Å². The van der Waals surface area contributed by atoms with Crippen LogP contribution < -0.4 is 20.3 Å². The highest BCUT2D eigenvalue weighted by molar-refractivity contribution is 5.76. The third-order valence-electron chi connectivity index (χ3n) is 6.55. The molecule has 34 heavy (non-hydrogen) atoms. The van der Waals surface area contributed by atoms with Gasteiger partial charge in [-0.3, -0.25) is 4.79 Å². The third kappa shape index (κ3) is 6.38. The monoisotopic (exact) mass is 462 g/mol. The minimum absolute atomic E-state index is 0.0770. The molecule has 7 nitrogen and oxygen atoms in total. The summed E-state index contributed by atoms with van der Waals surface area (Å²) in [4.78, 5) is 14.9. The second-order valence-corrected chi connectivity index (χ2v) is 8.99. The number of amides is 1. The number of ether oxygens (including phenoxy) is 1. The lowest BCUT2D eigenvalue weighted by atomic mass is 9.81. The van der Waals surface area contributed by atoms with E-state index in [0.717, 1.165) is 54.4 Å². The number of rotatable bonds is 10. The molecule has 0 unspecified atom stereocenters. The highest BCUT2D eigenvalue weighted by Crippen LogP contribution is 2.27. The van der Waals surface area contributed by atoms with Crippen LogP contribution in [0.15, 0.2) is 65.2 Å². The van der Waals surface area contributed by atoms with Crippen LogP contribution in [0.4, 0.5) is 5.69 Å². The molecular formula is C27H34N4O3. The molecule has 2 atom stereocenters. The van der Waals surface area contributed by atoms with Gasteiger partial charge in [0.15, 0.2) is 5.76 Å². The molecule has 1 aromatic heterocycles. The van der Waals surface area contributed by atoms with Crippen molar-refractivity contribution in [1.29, 1.82) is 0 Å². The number of carbonyl (C=O) groups excluding carboxylic acids is 1. The summed E-state index contributed by atoms with van der Waals surface area (Å²) in [7, 11) is 3.69. The van der Waals surface area contributed by atoms with E-state index in [9.17, 15) is 4.79 Å². The Kier molecular flexibility index (Phi) is 8.20. The van der Waals surface area contributed by atoms with Crippen LogP contribution in [0.1, 0.15) is 29.9 Å². The third-order valence-corrected chi connectivity index (χ3v) is 6.55. The summed E-state index contributed by atoms with van der Waals surface area (Å²) in [5.74, 6) is 2.37. The Morgan fingerprint density at radius 3 is 2.79 bits per heavy atom. The van der Waals surface area contributed by atoms with E-state index in [-0.39, 0.29) is 5.91 Å². The average molecular weight is 463 g/mol. The molecule has 3 aromatic rings. The number of aromatic nitrogens is 1. The van der Waals surface area contributed by atoms with E-state index >= 15 is 0 Å². The van der Waals surface area contributed by atoms with Crippen molar-refractivity contribution in [2.75, 3.05) is 32.1 Å². The molecule has 2 aromatic carbocycles. The van der Waals surface area contributed by atoms with Crippen LogP contribution in [-0.2, 0) is 24.3 Å². The molecule has 1 aliphatic rings. The lowest BCUT2D eigenvalue weighted by molar-refractivity contribution is -0.122. The molecule has 2 N–H and O–H groups in total. The van der Waals surface area contributed by atoms with Gasteiger partial charge in [0.05, 0.1) is 19.3 Å². The first-order valence-electron chi connectivity index (χ1n) is 11.9.